The van der Waals surface area contributed by atoms with Crippen molar-refractivity contribution in [2.45, 2.75) is 24.7 Å². The fraction of sp³-hybridized carbons (Fsp3) is 0.909. The van der Waals surface area contributed by atoms with E-state index in [-0.39, 0.29) is 13.3 Å². The number of rotatable bonds is 7. The van der Waals surface area contributed by atoms with E-state index in [9.17, 15) is 13.2 Å². The van der Waals surface area contributed by atoms with Crippen molar-refractivity contribution in [1.82, 2.24) is 4.31 Å². The van der Waals surface area contributed by atoms with Gasteiger partial charge in [0.15, 0.2) is 0 Å². The molecular formula is C11H19NO8S. The highest BCUT2D eigenvalue weighted by molar-refractivity contribution is 7.84. The Labute approximate surface area is 123 Å². The van der Waals surface area contributed by atoms with Crippen LogP contribution in [-0.4, -0.2) is 77.2 Å². The topological polar surface area (TPSA) is 100 Å². The van der Waals surface area contributed by atoms with Crippen LogP contribution in [0.1, 0.15) is 6.92 Å². The summed E-state index contributed by atoms with van der Waals surface area (Å²) in [6.07, 6.45) is -2.13. The van der Waals surface area contributed by atoms with Crippen molar-refractivity contribution < 1.29 is 36.3 Å². The van der Waals surface area contributed by atoms with E-state index in [1.54, 1.807) is 14.0 Å². The molecular weight excluding hydrogens is 306 g/mol. The lowest BCUT2D eigenvalue weighted by Crippen LogP contribution is -2.54. The lowest BCUT2D eigenvalue weighted by atomic mass is 10.00. The van der Waals surface area contributed by atoms with Crippen molar-refractivity contribution >= 4 is 16.3 Å². The first-order valence-corrected chi connectivity index (χ1v) is 7.70. The molecule has 0 aromatic carbocycles. The largest absolute Gasteiger partial charge is 0.467 e. The Morgan fingerprint density at radius 3 is 2.71 bits per heavy atom. The van der Waals surface area contributed by atoms with Crippen molar-refractivity contribution in [3.05, 3.63) is 0 Å². The SMILES string of the molecule is COCCOCO[C@H]1[C@@H](C(=O)OC)OS(=O)(=O)N2C[C@@]12C. The summed E-state index contributed by atoms with van der Waals surface area (Å²) in [7, 11) is -1.23. The molecule has 0 aromatic rings. The molecule has 0 N–H and O–H groups in total. The molecule has 21 heavy (non-hydrogen) atoms. The van der Waals surface area contributed by atoms with Crippen LogP contribution >= 0.6 is 0 Å². The van der Waals surface area contributed by atoms with Gasteiger partial charge in [-0.1, -0.05) is 0 Å². The molecule has 2 rings (SSSR count). The number of carbonyl (C=O) groups is 1. The van der Waals surface area contributed by atoms with Gasteiger partial charge < -0.3 is 18.9 Å². The third-order valence-corrected chi connectivity index (χ3v) is 5.05. The minimum absolute atomic E-state index is 0.103. The molecule has 122 valence electrons. The van der Waals surface area contributed by atoms with Gasteiger partial charge in [-0.15, -0.1) is 0 Å². The molecule has 1 unspecified atom stereocenters. The minimum atomic E-state index is -3.93. The van der Waals surface area contributed by atoms with Gasteiger partial charge in [-0.2, -0.15) is 12.7 Å². The van der Waals surface area contributed by atoms with E-state index < -0.39 is 34.0 Å². The van der Waals surface area contributed by atoms with Gasteiger partial charge in [0.05, 0.1) is 25.9 Å². The summed E-state index contributed by atoms with van der Waals surface area (Å²) < 4.78 is 49.7. The fourth-order valence-electron chi connectivity index (χ4n) is 2.25. The zero-order valence-corrected chi connectivity index (χ0v) is 12.9. The number of hydrogen-bond donors (Lipinski definition) is 0. The number of fused-ring (bicyclic) bond motifs is 1. The van der Waals surface area contributed by atoms with Gasteiger partial charge in [0.1, 0.15) is 12.9 Å². The molecule has 0 saturated carbocycles. The highest BCUT2D eigenvalue weighted by Gasteiger charge is 2.69. The second-order valence-corrected chi connectivity index (χ2v) is 6.46. The van der Waals surface area contributed by atoms with Crippen molar-refractivity contribution in [1.29, 1.82) is 0 Å². The summed E-state index contributed by atoms with van der Waals surface area (Å²) in [6.45, 7) is 2.54. The molecule has 9 nitrogen and oxygen atoms in total. The highest BCUT2D eigenvalue weighted by Crippen LogP contribution is 2.46. The third kappa shape index (κ3) is 3.20. The van der Waals surface area contributed by atoms with E-state index in [1.165, 1.54) is 0 Å². The van der Waals surface area contributed by atoms with Gasteiger partial charge in [-0.05, 0) is 6.92 Å². The molecule has 2 saturated heterocycles. The Kier molecular flexibility index (Phi) is 4.85. The maximum atomic E-state index is 11.8. The Hall–Kier alpha value is -0.780. The summed E-state index contributed by atoms with van der Waals surface area (Å²) in [4.78, 5) is 11.7. The lowest BCUT2D eigenvalue weighted by Gasteiger charge is -2.33. The first-order chi connectivity index (χ1) is 9.86. The summed E-state index contributed by atoms with van der Waals surface area (Å²) in [6, 6.07) is 0. The van der Waals surface area contributed by atoms with Crippen LogP contribution in [0.5, 0.6) is 0 Å². The molecule has 0 aromatic heterocycles. The van der Waals surface area contributed by atoms with Crippen molar-refractivity contribution in [3.8, 4) is 0 Å². The molecule has 0 aliphatic carbocycles. The molecule has 0 bridgehead atoms. The molecule has 2 heterocycles. The van der Waals surface area contributed by atoms with E-state index in [1.807, 2.05) is 0 Å². The predicted octanol–water partition coefficient (Wildman–Crippen LogP) is -1.12. The quantitative estimate of drug-likeness (QED) is 0.251. The summed E-state index contributed by atoms with van der Waals surface area (Å²) in [5, 5.41) is 0. The van der Waals surface area contributed by atoms with Gasteiger partial charge in [0, 0.05) is 13.7 Å². The van der Waals surface area contributed by atoms with E-state index in [0.29, 0.717) is 13.2 Å². The Morgan fingerprint density at radius 1 is 1.38 bits per heavy atom. The van der Waals surface area contributed by atoms with Gasteiger partial charge in [-0.25, -0.2) is 8.98 Å². The van der Waals surface area contributed by atoms with Crippen LogP contribution in [0.15, 0.2) is 0 Å². The molecule has 2 aliphatic rings. The van der Waals surface area contributed by atoms with E-state index in [4.69, 9.17) is 18.4 Å². The Bertz CT molecular complexity index is 494. The first-order valence-electron chi connectivity index (χ1n) is 6.34. The number of nitrogens with zero attached hydrogens (tertiary/aromatic N) is 1. The average molecular weight is 325 g/mol. The maximum Gasteiger partial charge on any atom is 0.340 e. The molecule has 2 aliphatic heterocycles. The lowest BCUT2D eigenvalue weighted by molar-refractivity contribution is -0.173. The second-order valence-electron chi connectivity index (χ2n) is 4.97. The summed E-state index contributed by atoms with van der Waals surface area (Å²) in [5.74, 6) is -0.798. The Balaban J connectivity index is 2.03. The van der Waals surface area contributed by atoms with Crippen LogP contribution in [0.4, 0.5) is 0 Å². The smallest absolute Gasteiger partial charge is 0.340 e. The summed E-state index contributed by atoms with van der Waals surface area (Å²) >= 11 is 0. The molecule has 0 spiro atoms. The van der Waals surface area contributed by atoms with Crippen molar-refractivity contribution in [2.75, 3.05) is 40.8 Å². The zero-order chi connectivity index (χ0) is 15.7. The normalized spacial score (nSPS) is 36.8. The molecule has 4 atom stereocenters. The average Bonchev–Trinajstić information content (AvgIpc) is 3.14. The predicted molar refractivity (Wildman–Crippen MR) is 68.5 cm³/mol. The van der Waals surface area contributed by atoms with Crippen LogP contribution in [0.3, 0.4) is 0 Å². The standard InChI is InChI=1S/C11H19NO8S/c1-11-6-12(11)21(14,15)20-8(10(13)17-3)9(11)19-7-18-5-4-16-2/h8-9H,4-7H2,1-3H3/t8-,9-,11-,12?/m0/s1. The van der Waals surface area contributed by atoms with Gasteiger partial charge in [0.25, 0.3) is 0 Å². The van der Waals surface area contributed by atoms with Gasteiger partial charge in [0.2, 0.25) is 6.10 Å². The number of ether oxygens (including phenoxy) is 4. The molecule has 0 radical (unpaired) electrons. The monoisotopic (exact) mass is 325 g/mol. The van der Waals surface area contributed by atoms with Gasteiger partial charge >= 0.3 is 16.3 Å². The highest BCUT2D eigenvalue weighted by atomic mass is 32.2. The number of esters is 1. The molecule has 0 amide bonds. The number of methoxy groups -OCH3 is 2. The van der Waals surface area contributed by atoms with Crippen LogP contribution in [0.2, 0.25) is 0 Å². The Morgan fingerprint density at radius 2 is 2.10 bits per heavy atom. The van der Waals surface area contributed by atoms with Crippen molar-refractivity contribution in [3.63, 3.8) is 0 Å². The van der Waals surface area contributed by atoms with Crippen LogP contribution in [0, 0.1) is 0 Å². The van der Waals surface area contributed by atoms with Crippen LogP contribution in [0.25, 0.3) is 0 Å². The summed E-state index contributed by atoms with van der Waals surface area (Å²) in [5.41, 5.74) is -0.819. The fourth-order valence-corrected chi connectivity index (χ4v) is 3.83. The molecule has 2 fully saturated rings. The van der Waals surface area contributed by atoms with Crippen molar-refractivity contribution in [2.24, 2.45) is 0 Å². The maximum absolute atomic E-state index is 11.8. The van der Waals surface area contributed by atoms with Gasteiger partial charge in [-0.3, -0.25) is 0 Å². The number of carbonyl (C=O) groups excluding carboxylic acids is 1. The van der Waals surface area contributed by atoms with Crippen LogP contribution < -0.4 is 0 Å². The molecule has 10 heteroatoms. The van der Waals surface area contributed by atoms with E-state index in [0.717, 1.165) is 11.4 Å². The zero-order valence-electron chi connectivity index (χ0n) is 12.1. The second kappa shape index (κ2) is 6.15. The van der Waals surface area contributed by atoms with E-state index in [2.05, 4.69) is 4.74 Å². The third-order valence-electron chi connectivity index (χ3n) is 3.51. The minimum Gasteiger partial charge on any atom is -0.467 e. The van der Waals surface area contributed by atoms with Crippen LogP contribution in [-0.2, 0) is 38.2 Å². The van der Waals surface area contributed by atoms with E-state index >= 15 is 0 Å². The first kappa shape index (κ1) is 16.6. The number of hydrogen-bond acceptors (Lipinski definition) is 8.